The van der Waals surface area contributed by atoms with E-state index in [1.807, 2.05) is 18.7 Å². The highest BCUT2D eigenvalue weighted by Crippen LogP contribution is 2.34. The summed E-state index contributed by atoms with van der Waals surface area (Å²) in [4.78, 5) is 10.2. The normalized spacial score (nSPS) is 17.9. The smallest absolute Gasteiger partial charge is 0.356 e. The van der Waals surface area contributed by atoms with Crippen molar-refractivity contribution in [2.24, 2.45) is 5.92 Å². The average molecular weight is 418 g/mol. The van der Waals surface area contributed by atoms with Crippen molar-refractivity contribution in [2.45, 2.75) is 32.9 Å². The van der Waals surface area contributed by atoms with Crippen LogP contribution in [0.2, 0.25) is 0 Å². The Bertz CT molecular complexity index is 903. The Morgan fingerprint density at radius 1 is 1.25 bits per heavy atom. The minimum Gasteiger partial charge on any atom is -0.356 e. The number of nitrogens with one attached hydrogen (secondary N) is 1. The summed E-state index contributed by atoms with van der Waals surface area (Å²) < 4.78 is 64.2. The number of hydrogen-bond acceptors (Lipinski definition) is 5. The lowest BCUT2D eigenvalue weighted by molar-refractivity contribution is -0.137. The lowest BCUT2D eigenvalue weighted by Gasteiger charge is -2.34. The summed E-state index contributed by atoms with van der Waals surface area (Å²) in [5, 5.41) is 0.346. The van der Waals surface area contributed by atoms with Gasteiger partial charge < -0.3 is 4.90 Å². The number of nitrogens with zero attached hydrogens (tertiary/aromatic N) is 3. The summed E-state index contributed by atoms with van der Waals surface area (Å²) >= 11 is 0. The second-order valence-corrected chi connectivity index (χ2v) is 8.33. The monoisotopic (exact) mass is 418 g/mol. The fourth-order valence-corrected chi connectivity index (χ4v) is 3.70. The van der Waals surface area contributed by atoms with E-state index in [1.165, 1.54) is 12.4 Å². The molecule has 0 bridgehead atoms. The topological polar surface area (TPSA) is 75.2 Å². The summed E-state index contributed by atoms with van der Waals surface area (Å²) in [6.07, 6.45) is -0.352. The van der Waals surface area contributed by atoms with Gasteiger partial charge in [0.05, 0.1) is 17.3 Å². The highest BCUT2D eigenvalue weighted by molar-refractivity contribution is 7.88. The van der Waals surface area contributed by atoms with E-state index in [0.717, 1.165) is 31.2 Å². The molecular formula is C18H25F3N4O2S. The van der Waals surface area contributed by atoms with Crippen LogP contribution in [0.3, 0.4) is 0 Å². The van der Waals surface area contributed by atoms with Gasteiger partial charge >= 0.3 is 6.18 Å². The molecule has 1 saturated heterocycles. The summed E-state index contributed by atoms with van der Waals surface area (Å²) in [5.74, 6) is 0.513. The number of halogens is 3. The minimum atomic E-state index is -4.44. The Kier molecular flexibility index (Phi) is 7.22. The number of alkyl halides is 3. The van der Waals surface area contributed by atoms with Gasteiger partial charge in [0.1, 0.15) is 12.1 Å². The van der Waals surface area contributed by atoms with Gasteiger partial charge in [0.2, 0.25) is 10.0 Å². The number of anilines is 1. The van der Waals surface area contributed by atoms with E-state index < -0.39 is 21.8 Å². The summed E-state index contributed by atoms with van der Waals surface area (Å²) in [7, 11) is -3.28. The van der Waals surface area contributed by atoms with Crippen molar-refractivity contribution in [3.8, 4) is 0 Å². The van der Waals surface area contributed by atoms with Gasteiger partial charge in [-0.1, -0.05) is 13.8 Å². The lowest BCUT2D eigenvalue weighted by atomic mass is 9.98. The highest BCUT2D eigenvalue weighted by atomic mass is 32.2. The third-order valence-electron chi connectivity index (χ3n) is 4.39. The zero-order valence-electron chi connectivity index (χ0n) is 16.1. The van der Waals surface area contributed by atoms with Crippen LogP contribution in [0.1, 0.15) is 32.3 Å². The van der Waals surface area contributed by atoms with Gasteiger partial charge in [-0.05, 0) is 37.0 Å². The molecule has 0 radical (unpaired) electrons. The molecule has 1 aliphatic heterocycles. The maximum absolute atomic E-state index is 13.0. The van der Waals surface area contributed by atoms with Gasteiger partial charge in [-0.15, -0.1) is 0 Å². The minimum absolute atomic E-state index is 0.0642. The van der Waals surface area contributed by atoms with Crippen molar-refractivity contribution in [3.63, 3.8) is 0 Å². The number of rotatable bonds is 4. The summed E-state index contributed by atoms with van der Waals surface area (Å²) in [6, 6.07) is 3.42. The first kappa shape index (κ1) is 22.4. The van der Waals surface area contributed by atoms with E-state index in [-0.39, 0.29) is 5.92 Å². The molecule has 1 unspecified atom stereocenters. The third-order valence-corrected chi connectivity index (χ3v) is 5.09. The van der Waals surface area contributed by atoms with Crippen LogP contribution in [0.15, 0.2) is 24.5 Å². The quantitative estimate of drug-likeness (QED) is 0.823. The Morgan fingerprint density at radius 3 is 2.61 bits per heavy atom. The van der Waals surface area contributed by atoms with Crippen LogP contribution in [0.4, 0.5) is 19.0 Å². The first-order valence-corrected chi connectivity index (χ1v) is 11.0. The number of benzene rings is 1. The lowest BCUT2D eigenvalue weighted by Crippen LogP contribution is -2.41. The Morgan fingerprint density at radius 2 is 1.96 bits per heavy atom. The molecule has 1 fully saturated rings. The maximum atomic E-state index is 13.0. The van der Waals surface area contributed by atoms with E-state index in [2.05, 4.69) is 14.7 Å². The molecule has 28 heavy (non-hydrogen) atoms. The second-order valence-electron chi connectivity index (χ2n) is 6.50. The van der Waals surface area contributed by atoms with Gasteiger partial charge in [-0.25, -0.2) is 23.1 Å². The molecule has 1 atom stereocenters. The number of aromatic nitrogens is 2. The molecular weight excluding hydrogens is 393 g/mol. The Hall–Kier alpha value is -1.94. The molecule has 1 aliphatic rings. The molecule has 6 nitrogen and oxygen atoms in total. The van der Waals surface area contributed by atoms with Gasteiger partial charge in [-0.3, -0.25) is 0 Å². The standard InChI is InChI=1S/C16H19F3N4O2S.C2H6/c1-26(24,25)22-8-11-3-2-6-23(9-11)15-13-7-12(16(17,18)19)4-5-14(13)20-10-21-15;1-2/h4-5,7,10-11,22H,2-3,6,8-9H2,1H3;1-2H3. The highest BCUT2D eigenvalue weighted by Gasteiger charge is 2.31. The first-order chi connectivity index (χ1) is 13.1. The predicted molar refractivity (Wildman–Crippen MR) is 104 cm³/mol. The fraction of sp³-hybridized carbons (Fsp3) is 0.556. The molecule has 1 aromatic carbocycles. The largest absolute Gasteiger partial charge is 0.416 e. The molecule has 2 heterocycles. The molecule has 10 heteroatoms. The molecule has 0 amide bonds. The zero-order chi connectivity index (χ0) is 20.9. The van der Waals surface area contributed by atoms with E-state index >= 15 is 0 Å². The van der Waals surface area contributed by atoms with E-state index in [0.29, 0.717) is 36.4 Å². The predicted octanol–water partition coefficient (Wildman–Crippen LogP) is 3.44. The molecule has 0 saturated carbocycles. The van der Waals surface area contributed by atoms with Gasteiger partial charge in [-0.2, -0.15) is 13.2 Å². The van der Waals surface area contributed by atoms with Crippen LogP contribution in [0.5, 0.6) is 0 Å². The van der Waals surface area contributed by atoms with Crippen LogP contribution in [0, 0.1) is 5.92 Å². The number of fused-ring (bicyclic) bond motifs is 1. The van der Waals surface area contributed by atoms with Gasteiger partial charge in [0, 0.05) is 25.0 Å². The van der Waals surface area contributed by atoms with E-state index in [1.54, 1.807) is 0 Å². The van der Waals surface area contributed by atoms with Crippen LogP contribution in [-0.2, 0) is 16.2 Å². The van der Waals surface area contributed by atoms with Crippen LogP contribution < -0.4 is 9.62 Å². The maximum Gasteiger partial charge on any atom is 0.416 e. The molecule has 2 aromatic rings. The van der Waals surface area contributed by atoms with Gasteiger partial charge in [0.15, 0.2) is 0 Å². The molecule has 1 N–H and O–H groups in total. The van der Waals surface area contributed by atoms with Crippen molar-refractivity contribution in [1.29, 1.82) is 0 Å². The van der Waals surface area contributed by atoms with Crippen molar-refractivity contribution in [1.82, 2.24) is 14.7 Å². The van der Waals surface area contributed by atoms with E-state index in [9.17, 15) is 21.6 Å². The average Bonchev–Trinajstić information content (AvgIpc) is 2.66. The molecule has 0 spiro atoms. The van der Waals surface area contributed by atoms with Crippen molar-refractivity contribution < 1.29 is 21.6 Å². The molecule has 3 rings (SSSR count). The summed E-state index contributed by atoms with van der Waals surface area (Å²) in [6.45, 7) is 5.47. The molecule has 156 valence electrons. The van der Waals surface area contributed by atoms with Gasteiger partial charge in [0.25, 0.3) is 0 Å². The fourth-order valence-electron chi connectivity index (χ4n) is 3.16. The third kappa shape index (κ3) is 5.78. The Labute approximate surface area is 163 Å². The molecule has 0 aliphatic carbocycles. The van der Waals surface area contributed by atoms with Crippen molar-refractivity contribution >= 4 is 26.7 Å². The van der Waals surface area contributed by atoms with Crippen molar-refractivity contribution in [3.05, 3.63) is 30.1 Å². The van der Waals surface area contributed by atoms with Crippen LogP contribution in [0.25, 0.3) is 10.9 Å². The van der Waals surface area contributed by atoms with Crippen LogP contribution >= 0.6 is 0 Å². The van der Waals surface area contributed by atoms with Crippen LogP contribution in [-0.4, -0.2) is 44.3 Å². The second kappa shape index (κ2) is 9.04. The van der Waals surface area contributed by atoms with Crippen molar-refractivity contribution in [2.75, 3.05) is 30.8 Å². The number of piperidine rings is 1. The zero-order valence-corrected chi connectivity index (χ0v) is 16.9. The summed E-state index contributed by atoms with van der Waals surface area (Å²) in [5.41, 5.74) is -0.298. The Balaban J connectivity index is 0.00000136. The SMILES string of the molecule is CC.CS(=O)(=O)NCC1CCCN(c2ncnc3ccc(C(F)(F)F)cc23)C1. The number of hydrogen-bond donors (Lipinski definition) is 1. The van der Waals surface area contributed by atoms with E-state index in [4.69, 9.17) is 0 Å². The first-order valence-electron chi connectivity index (χ1n) is 9.15. The number of sulfonamides is 1. The molecule has 1 aromatic heterocycles.